The Morgan fingerprint density at radius 2 is 1.48 bits per heavy atom. The number of methoxy groups -OCH3 is 1. The number of rotatable bonds is 17. The summed E-state index contributed by atoms with van der Waals surface area (Å²) in [6, 6.07) is 15.5. The van der Waals surface area contributed by atoms with Crippen molar-refractivity contribution >= 4 is 17.3 Å². The highest BCUT2D eigenvalue weighted by Crippen LogP contribution is 2.35. The molecule has 46 heavy (non-hydrogen) atoms. The van der Waals surface area contributed by atoms with Crippen LogP contribution in [0.1, 0.15) is 132 Å². The number of carbonyl (C=O) groups excluding carboxylic acids is 3. The maximum Gasteiger partial charge on any atom is 0.165 e. The summed E-state index contributed by atoms with van der Waals surface area (Å²) < 4.78 is 5.50. The molecule has 1 aliphatic rings. The van der Waals surface area contributed by atoms with Gasteiger partial charge in [0.1, 0.15) is 11.6 Å². The molecule has 250 valence electrons. The van der Waals surface area contributed by atoms with Gasteiger partial charge in [-0.3, -0.25) is 14.4 Å². The van der Waals surface area contributed by atoms with Gasteiger partial charge in [0, 0.05) is 48.1 Å². The SMILES string of the molecule is CCCCC(=O)[C@](C)(CC(C)C(=O)c1ccc(C#Cc2ccc(CCCCC3CCC(OC)CC3)cc2)cc1)C(=O)C(C)C(C)N. The van der Waals surface area contributed by atoms with Crippen molar-refractivity contribution in [2.24, 2.45) is 28.9 Å². The van der Waals surface area contributed by atoms with Crippen LogP contribution in [0.25, 0.3) is 0 Å². The molecule has 0 bridgehead atoms. The Kier molecular flexibility index (Phi) is 14.9. The van der Waals surface area contributed by atoms with E-state index in [0.717, 1.165) is 36.3 Å². The third kappa shape index (κ3) is 10.7. The zero-order valence-electron chi connectivity index (χ0n) is 29.2. The van der Waals surface area contributed by atoms with Gasteiger partial charge in [0.25, 0.3) is 0 Å². The summed E-state index contributed by atoms with van der Waals surface area (Å²) in [5, 5.41) is 0. The van der Waals surface area contributed by atoms with Crippen molar-refractivity contribution in [1.29, 1.82) is 0 Å². The molecule has 2 aromatic carbocycles. The lowest BCUT2D eigenvalue weighted by atomic mass is 9.68. The van der Waals surface area contributed by atoms with Crippen LogP contribution in [-0.4, -0.2) is 36.6 Å². The van der Waals surface area contributed by atoms with E-state index in [1.807, 2.05) is 33.1 Å². The Bertz CT molecular complexity index is 1330. The monoisotopic (exact) mass is 627 g/mol. The molecule has 0 aromatic heterocycles. The van der Waals surface area contributed by atoms with E-state index >= 15 is 0 Å². The van der Waals surface area contributed by atoms with E-state index in [1.165, 1.54) is 50.5 Å². The van der Waals surface area contributed by atoms with Gasteiger partial charge >= 0.3 is 0 Å². The van der Waals surface area contributed by atoms with Crippen LogP contribution in [0.2, 0.25) is 0 Å². The van der Waals surface area contributed by atoms with Crippen molar-refractivity contribution in [3.8, 4) is 11.8 Å². The van der Waals surface area contributed by atoms with E-state index < -0.39 is 17.3 Å². The summed E-state index contributed by atoms with van der Waals surface area (Å²) in [7, 11) is 1.83. The molecule has 0 radical (unpaired) electrons. The van der Waals surface area contributed by atoms with Crippen LogP contribution in [-0.2, 0) is 20.7 Å². The number of benzene rings is 2. The molecule has 5 nitrogen and oxygen atoms in total. The van der Waals surface area contributed by atoms with E-state index in [-0.39, 0.29) is 29.8 Å². The van der Waals surface area contributed by atoms with Crippen LogP contribution in [0.5, 0.6) is 0 Å². The predicted molar refractivity (Wildman–Crippen MR) is 188 cm³/mol. The van der Waals surface area contributed by atoms with E-state index in [1.54, 1.807) is 32.9 Å². The van der Waals surface area contributed by atoms with Gasteiger partial charge in [-0.05, 0) is 101 Å². The summed E-state index contributed by atoms with van der Waals surface area (Å²) in [4.78, 5) is 40.2. The summed E-state index contributed by atoms with van der Waals surface area (Å²) >= 11 is 0. The van der Waals surface area contributed by atoms with Gasteiger partial charge in [-0.25, -0.2) is 0 Å². The van der Waals surface area contributed by atoms with Crippen molar-refractivity contribution < 1.29 is 19.1 Å². The molecule has 0 saturated heterocycles. The highest BCUT2D eigenvalue weighted by molar-refractivity contribution is 6.08. The second-order valence-electron chi connectivity index (χ2n) is 14.0. The second-order valence-corrected chi connectivity index (χ2v) is 14.0. The van der Waals surface area contributed by atoms with Gasteiger partial charge in [-0.1, -0.05) is 76.1 Å². The minimum atomic E-state index is -1.23. The molecule has 2 N–H and O–H groups in total. The fourth-order valence-electron chi connectivity index (χ4n) is 6.73. The number of unbranched alkanes of at least 4 members (excludes halogenated alkanes) is 2. The van der Waals surface area contributed by atoms with Crippen LogP contribution in [0, 0.1) is 35.0 Å². The summed E-state index contributed by atoms with van der Waals surface area (Å²) in [6.45, 7) is 9.09. The minimum absolute atomic E-state index is 0.0793. The largest absolute Gasteiger partial charge is 0.381 e. The molecule has 3 unspecified atom stereocenters. The van der Waals surface area contributed by atoms with Crippen LogP contribution < -0.4 is 5.73 Å². The lowest BCUT2D eigenvalue weighted by molar-refractivity contribution is -0.143. The van der Waals surface area contributed by atoms with Crippen molar-refractivity contribution in [2.75, 3.05) is 7.11 Å². The molecule has 0 heterocycles. The first-order valence-corrected chi connectivity index (χ1v) is 17.6. The molecule has 5 heteroatoms. The average Bonchev–Trinajstić information content (AvgIpc) is 3.07. The number of ketones is 3. The van der Waals surface area contributed by atoms with Crippen LogP contribution in [0.3, 0.4) is 0 Å². The molecule has 3 rings (SSSR count). The lowest BCUT2D eigenvalue weighted by Crippen LogP contribution is -2.46. The number of ether oxygens (including phenoxy) is 1. The summed E-state index contributed by atoms with van der Waals surface area (Å²) in [5.74, 6) is 6.02. The maximum atomic E-state index is 13.5. The predicted octanol–water partition coefficient (Wildman–Crippen LogP) is 8.53. The smallest absolute Gasteiger partial charge is 0.165 e. The van der Waals surface area contributed by atoms with Crippen molar-refractivity contribution in [2.45, 2.75) is 124 Å². The molecule has 0 spiro atoms. The van der Waals surface area contributed by atoms with Gasteiger partial charge in [0.2, 0.25) is 0 Å². The van der Waals surface area contributed by atoms with E-state index in [9.17, 15) is 14.4 Å². The Hall–Kier alpha value is -3.07. The maximum absolute atomic E-state index is 13.5. The molecule has 0 amide bonds. The highest BCUT2D eigenvalue weighted by Gasteiger charge is 2.44. The van der Waals surface area contributed by atoms with Crippen LogP contribution in [0.15, 0.2) is 48.5 Å². The third-order valence-electron chi connectivity index (χ3n) is 10.2. The molecule has 2 aromatic rings. The Balaban J connectivity index is 1.54. The topological polar surface area (TPSA) is 86.5 Å². The minimum Gasteiger partial charge on any atom is -0.381 e. The number of nitrogens with two attached hydrogens (primary N) is 1. The Morgan fingerprint density at radius 3 is 2.02 bits per heavy atom. The van der Waals surface area contributed by atoms with Crippen molar-refractivity contribution in [3.05, 3.63) is 70.8 Å². The normalized spacial score (nSPS) is 19.6. The molecular formula is C41H57NO4. The quantitative estimate of drug-likeness (QED) is 0.0822. The van der Waals surface area contributed by atoms with Gasteiger partial charge in [0.05, 0.1) is 11.5 Å². The standard InChI is InChI=1S/C41H57NO4/c1-7-8-13-38(43)41(5,40(45)30(3)31(4)42)28-29(2)39(44)36-24-20-35(21-25-36)19-18-34-16-14-32(15-17-34)11-9-10-12-33-22-26-37(46-6)27-23-33/h14-17,20-21,24-25,29-31,33,37H,7-13,22-23,26-28,42H2,1-6H3/t29?,30?,31?,33?,37?,41-/m0/s1. The highest BCUT2D eigenvalue weighted by atomic mass is 16.5. The molecule has 1 saturated carbocycles. The fourth-order valence-corrected chi connectivity index (χ4v) is 6.73. The summed E-state index contributed by atoms with van der Waals surface area (Å²) in [6.07, 6.45) is 12.5. The Labute approximate surface area is 278 Å². The Morgan fingerprint density at radius 1 is 0.891 bits per heavy atom. The molecule has 1 fully saturated rings. The molecule has 4 atom stereocenters. The molecule has 1 aliphatic carbocycles. The number of hydrogen-bond acceptors (Lipinski definition) is 5. The van der Waals surface area contributed by atoms with Crippen LogP contribution in [0.4, 0.5) is 0 Å². The first-order chi connectivity index (χ1) is 22.0. The van der Waals surface area contributed by atoms with E-state index in [4.69, 9.17) is 10.5 Å². The van der Waals surface area contributed by atoms with Crippen molar-refractivity contribution in [1.82, 2.24) is 0 Å². The van der Waals surface area contributed by atoms with Gasteiger partial charge in [0.15, 0.2) is 5.78 Å². The number of carbonyl (C=O) groups is 3. The second kappa shape index (κ2) is 18.3. The third-order valence-corrected chi connectivity index (χ3v) is 10.2. The zero-order valence-corrected chi connectivity index (χ0v) is 29.2. The summed E-state index contributed by atoms with van der Waals surface area (Å²) in [5.41, 5.74) is 8.50. The van der Waals surface area contributed by atoms with Crippen LogP contribution >= 0.6 is 0 Å². The first-order valence-electron chi connectivity index (χ1n) is 17.6. The van der Waals surface area contributed by atoms with E-state index in [0.29, 0.717) is 18.1 Å². The van der Waals surface area contributed by atoms with Crippen molar-refractivity contribution in [3.63, 3.8) is 0 Å². The number of aryl methyl sites for hydroxylation is 1. The van der Waals surface area contributed by atoms with E-state index in [2.05, 4.69) is 36.1 Å². The van der Waals surface area contributed by atoms with Gasteiger partial charge in [-0.15, -0.1) is 0 Å². The van der Waals surface area contributed by atoms with Gasteiger partial charge in [-0.2, -0.15) is 0 Å². The molecule has 0 aliphatic heterocycles. The zero-order chi connectivity index (χ0) is 33.7. The fraction of sp³-hybridized carbons (Fsp3) is 0.585. The number of hydrogen-bond donors (Lipinski definition) is 1. The molecular weight excluding hydrogens is 570 g/mol. The number of Topliss-reactive ketones (excluding diaryl/α,β-unsaturated/α-hetero) is 3. The lowest BCUT2D eigenvalue weighted by Gasteiger charge is -2.32. The van der Waals surface area contributed by atoms with Gasteiger partial charge < -0.3 is 10.5 Å². The first kappa shape index (κ1) is 37.4. The average molecular weight is 628 g/mol.